The topological polar surface area (TPSA) is 63.6 Å². The van der Waals surface area contributed by atoms with Crippen LogP contribution in [0.4, 0.5) is 10.3 Å². The molecule has 0 atom stereocenters. The summed E-state index contributed by atoms with van der Waals surface area (Å²) in [4.78, 5) is 16.9. The lowest BCUT2D eigenvalue weighted by Gasteiger charge is -2.34. The van der Waals surface area contributed by atoms with Crippen LogP contribution in [0.5, 0.6) is 11.5 Å². The molecule has 3 heterocycles. The maximum Gasteiger partial charge on any atom is 0.225 e. The highest BCUT2D eigenvalue weighted by Gasteiger charge is 2.20. The number of hydrogen-bond acceptors (Lipinski definition) is 7. The van der Waals surface area contributed by atoms with Crippen molar-refractivity contribution in [3.63, 3.8) is 0 Å². The lowest BCUT2D eigenvalue weighted by atomic mass is 10.1. The second-order valence-electron chi connectivity index (χ2n) is 7.05. The van der Waals surface area contributed by atoms with Crippen molar-refractivity contribution < 1.29 is 13.9 Å². The first-order valence-electron chi connectivity index (χ1n) is 9.86. The Bertz CT molecular complexity index is 948. The number of methoxy groups -OCH3 is 1. The molecule has 1 fully saturated rings. The molecule has 4 rings (SSSR count). The number of anilines is 1. The SMILES string of the molecule is COc1ccc(OCc2ccccn2)c(CN2CCN(c3ncc(F)cn3)CC2)c1. The summed E-state index contributed by atoms with van der Waals surface area (Å²) in [5, 5.41) is 0. The molecule has 0 radical (unpaired) electrons. The molecule has 7 nitrogen and oxygen atoms in total. The van der Waals surface area contributed by atoms with Crippen molar-refractivity contribution >= 4 is 5.95 Å². The van der Waals surface area contributed by atoms with Crippen LogP contribution in [-0.4, -0.2) is 53.1 Å². The average Bonchev–Trinajstić information content (AvgIpc) is 2.80. The third-order valence-corrected chi connectivity index (χ3v) is 5.03. The number of halogens is 1. The van der Waals surface area contributed by atoms with Gasteiger partial charge in [0.1, 0.15) is 18.1 Å². The quantitative estimate of drug-likeness (QED) is 0.595. The fourth-order valence-corrected chi connectivity index (χ4v) is 3.40. The van der Waals surface area contributed by atoms with Crippen LogP contribution in [0.25, 0.3) is 0 Å². The van der Waals surface area contributed by atoms with Gasteiger partial charge in [-0.15, -0.1) is 0 Å². The van der Waals surface area contributed by atoms with Gasteiger partial charge in [0.2, 0.25) is 5.95 Å². The minimum absolute atomic E-state index is 0.413. The van der Waals surface area contributed by atoms with Crippen LogP contribution in [0, 0.1) is 5.82 Å². The predicted octanol–water partition coefficient (Wildman–Crippen LogP) is 2.92. The molecule has 30 heavy (non-hydrogen) atoms. The molecular formula is C22H24FN5O2. The molecule has 2 aromatic heterocycles. The second-order valence-corrected chi connectivity index (χ2v) is 7.05. The Morgan fingerprint density at radius 3 is 2.50 bits per heavy atom. The first-order valence-corrected chi connectivity index (χ1v) is 9.86. The van der Waals surface area contributed by atoms with Crippen molar-refractivity contribution in [2.24, 2.45) is 0 Å². The van der Waals surface area contributed by atoms with Crippen molar-refractivity contribution in [2.75, 3.05) is 38.2 Å². The number of pyridine rings is 1. The first-order chi connectivity index (χ1) is 14.7. The third-order valence-electron chi connectivity index (χ3n) is 5.03. The summed E-state index contributed by atoms with van der Waals surface area (Å²) in [7, 11) is 1.66. The lowest BCUT2D eigenvalue weighted by molar-refractivity contribution is 0.238. The maximum absolute atomic E-state index is 13.1. The number of ether oxygens (including phenoxy) is 2. The monoisotopic (exact) mass is 409 g/mol. The standard InChI is InChI=1S/C22H24FN5O2/c1-29-20-5-6-21(30-16-19-4-2-3-7-24-19)17(12-20)15-27-8-10-28(11-9-27)22-25-13-18(23)14-26-22/h2-7,12-14H,8-11,15-16H2,1H3. The largest absolute Gasteiger partial charge is 0.497 e. The minimum atomic E-state index is -0.423. The van der Waals surface area contributed by atoms with Crippen molar-refractivity contribution in [3.05, 3.63) is 72.1 Å². The van der Waals surface area contributed by atoms with Crippen LogP contribution in [0.15, 0.2) is 55.0 Å². The number of rotatable bonds is 7. The molecule has 0 spiro atoms. The normalized spacial score (nSPS) is 14.5. The molecule has 3 aromatic rings. The van der Waals surface area contributed by atoms with Crippen LogP contribution in [0.3, 0.4) is 0 Å². The highest BCUT2D eigenvalue weighted by Crippen LogP contribution is 2.27. The van der Waals surface area contributed by atoms with Crippen LogP contribution in [0.1, 0.15) is 11.3 Å². The summed E-state index contributed by atoms with van der Waals surface area (Å²) in [5.74, 6) is 1.77. The van der Waals surface area contributed by atoms with E-state index >= 15 is 0 Å². The zero-order valence-corrected chi connectivity index (χ0v) is 16.9. The molecule has 8 heteroatoms. The van der Waals surface area contributed by atoms with Gasteiger partial charge in [-0.05, 0) is 30.3 Å². The average molecular weight is 409 g/mol. The molecule has 0 N–H and O–H groups in total. The van der Waals surface area contributed by atoms with E-state index in [1.165, 1.54) is 12.4 Å². The number of piperazine rings is 1. The summed E-state index contributed by atoms with van der Waals surface area (Å²) in [6.45, 7) is 4.40. The Morgan fingerprint density at radius 1 is 1.00 bits per heavy atom. The van der Waals surface area contributed by atoms with E-state index in [2.05, 4.69) is 24.8 Å². The van der Waals surface area contributed by atoms with E-state index in [1.54, 1.807) is 13.3 Å². The number of benzene rings is 1. The smallest absolute Gasteiger partial charge is 0.225 e. The molecule has 0 bridgehead atoms. The van der Waals surface area contributed by atoms with Gasteiger partial charge in [-0.25, -0.2) is 14.4 Å². The van der Waals surface area contributed by atoms with Gasteiger partial charge in [-0.2, -0.15) is 0 Å². The Balaban J connectivity index is 1.40. The zero-order valence-electron chi connectivity index (χ0n) is 16.9. The Morgan fingerprint density at radius 2 is 1.80 bits per heavy atom. The zero-order chi connectivity index (χ0) is 20.8. The van der Waals surface area contributed by atoms with Gasteiger partial charge >= 0.3 is 0 Å². The Labute approximate surface area is 175 Å². The third kappa shape index (κ3) is 5.01. The second kappa shape index (κ2) is 9.49. The van der Waals surface area contributed by atoms with E-state index in [0.717, 1.165) is 55.5 Å². The van der Waals surface area contributed by atoms with E-state index < -0.39 is 5.82 Å². The Hall–Kier alpha value is -3.26. The van der Waals surface area contributed by atoms with Crippen LogP contribution in [-0.2, 0) is 13.2 Å². The van der Waals surface area contributed by atoms with Crippen molar-refractivity contribution in [1.29, 1.82) is 0 Å². The van der Waals surface area contributed by atoms with Crippen LogP contribution >= 0.6 is 0 Å². The van der Waals surface area contributed by atoms with Gasteiger partial charge in [-0.1, -0.05) is 6.07 Å². The minimum Gasteiger partial charge on any atom is -0.497 e. The van der Waals surface area contributed by atoms with Crippen molar-refractivity contribution in [1.82, 2.24) is 19.9 Å². The van der Waals surface area contributed by atoms with E-state index in [9.17, 15) is 4.39 Å². The molecule has 156 valence electrons. The van der Waals surface area contributed by atoms with Gasteiger partial charge in [0.05, 0.1) is 25.2 Å². The van der Waals surface area contributed by atoms with Crippen LogP contribution < -0.4 is 14.4 Å². The Kier molecular flexibility index (Phi) is 6.34. The molecule has 0 saturated carbocycles. The summed E-state index contributed by atoms with van der Waals surface area (Å²) < 4.78 is 24.5. The fraction of sp³-hybridized carbons (Fsp3) is 0.318. The van der Waals surface area contributed by atoms with Gasteiger partial charge in [0.25, 0.3) is 0 Å². The number of aromatic nitrogens is 3. The molecule has 1 saturated heterocycles. The maximum atomic E-state index is 13.1. The lowest BCUT2D eigenvalue weighted by Crippen LogP contribution is -2.46. The highest BCUT2D eigenvalue weighted by molar-refractivity contribution is 5.40. The first kappa shape index (κ1) is 20.0. The molecule has 0 unspecified atom stereocenters. The summed E-state index contributed by atoms with van der Waals surface area (Å²) in [5.41, 5.74) is 1.95. The van der Waals surface area contributed by atoms with Gasteiger partial charge in [0.15, 0.2) is 5.82 Å². The number of nitrogens with zero attached hydrogens (tertiary/aromatic N) is 5. The summed E-state index contributed by atoms with van der Waals surface area (Å²) in [6.07, 6.45) is 4.17. The van der Waals surface area contributed by atoms with Crippen molar-refractivity contribution in [2.45, 2.75) is 13.2 Å². The van der Waals surface area contributed by atoms with Gasteiger partial charge in [-0.3, -0.25) is 9.88 Å². The molecule has 0 aliphatic carbocycles. The molecule has 0 amide bonds. The van der Waals surface area contributed by atoms with E-state index in [-0.39, 0.29) is 0 Å². The summed E-state index contributed by atoms with van der Waals surface area (Å²) in [6, 6.07) is 11.6. The van der Waals surface area contributed by atoms with E-state index in [0.29, 0.717) is 12.6 Å². The molecule has 1 aromatic carbocycles. The van der Waals surface area contributed by atoms with Crippen LogP contribution in [0.2, 0.25) is 0 Å². The summed E-state index contributed by atoms with van der Waals surface area (Å²) >= 11 is 0. The molecule has 1 aliphatic rings. The number of hydrogen-bond donors (Lipinski definition) is 0. The highest BCUT2D eigenvalue weighted by atomic mass is 19.1. The predicted molar refractivity (Wildman–Crippen MR) is 111 cm³/mol. The molecule has 1 aliphatic heterocycles. The van der Waals surface area contributed by atoms with Crippen molar-refractivity contribution in [3.8, 4) is 11.5 Å². The molecular weight excluding hydrogens is 385 g/mol. The van der Waals surface area contributed by atoms with Gasteiger partial charge in [0, 0.05) is 44.5 Å². The van der Waals surface area contributed by atoms with Gasteiger partial charge < -0.3 is 14.4 Å². The van der Waals surface area contributed by atoms with E-state index in [4.69, 9.17) is 9.47 Å². The fourth-order valence-electron chi connectivity index (χ4n) is 3.40. The van der Waals surface area contributed by atoms with E-state index in [1.807, 2.05) is 36.4 Å².